The first-order valence-corrected chi connectivity index (χ1v) is 9.61. The molecule has 5 heterocycles. The van der Waals surface area contributed by atoms with E-state index in [-0.39, 0.29) is 42.8 Å². The van der Waals surface area contributed by atoms with Gasteiger partial charge in [-0.3, -0.25) is 4.98 Å². The third-order valence-corrected chi connectivity index (χ3v) is 5.72. The summed E-state index contributed by atoms with van der Waals surface area (Å²) in [5, 5.41) is 8.41. The van der Waals surface area contributed by atoms with Crippen molar-refractivity contribution in [2.45, 2.75) is 25.4 Å². The largest absolute Gasteiger partial charge is 0.372 e. The van der Waals surface area contributed by atoms with Gasteiger partial charge >= 0.3 is 0 Å². The van der Waals surface area contributed by atoms with Gasteiger partial charge in [0.2, 0.25) is 0 Å². The molecule has 0 aliphatic carbocycles. The highest BCUT2D eigenvalue weighted by Gasteiger charge is 2.37. The predicted octanol–water partition coefficient (Wildman–Crippen LogP) is 3.32. The molecule has 3 aromatic heterocycles. The van der Waals surface area contributed by atoms with Crippen LogP contribution in [0.4, 0.5) is 5.82 Å². The average Bonchev–Trinajstić information content (AvgIpc) is 3.05. The van der Waals surface area contributed by atoms with Crippen LogP contribution in [0, 0.1) is 6.92 Å². The van der Waals surface area contributed by atoms with Crippen LogP contribution in [0.1, 0.15) is 18.5 Å². The molecule has 7 nitrogen and oxygen atoms in total. The molecule has 10 heteroatoms. The van der Waals surface area contributed by atoms with E-state index in [0.29, 0.717) is 0 Å². The zero-order chi connectivity index (χ0) is 18.3. The fraction of sp³-hybridized carbons (Fsp3) is 0.450. The van der Waals surface area contributed by atoms with Gasteiger partial charge in [0.25, 0.3) is 0 Å². The van der Waals surface area contributed by atoms with Gasteiger partial charge in [0.1, 0.15) is 5.82 Å². The van der Waals surface area contributed by atoms with Crippen LogP contribution in [-0.2, 0) is 4.74 Å². The van der Waals surface area contributed by atoms with Gasteiger partial charge in [0, 0.05) is 44.1 Å². The van der Waals surface area contributed by atoms with E-state index in [1.54, 1.807) is 12.4 Å². The smallest absolute Gasteiger partial charge is 0.154 e. The fourth-order valence-electron chi connectivity index (χ4n) is 4.21. The molecule has 5 rings (SSSR count). The maximum atomic E-state index is 6.11. The highest BCUT2D eigenvalue weighted by Crippen LogP contribution is 2.30. The number of imidazole rings is 1. The second kappa shape index (κ2) is 10.1. The molecule has 0 saturated carbocycles. The highest BCUT2D eigenvalue weighted by molar-refractivity contribution is 5.86. The lowest BCUT2D eigenvalue weighted by atomic mass is 9.90. The van der Waals surface area contributed by atoms with E-state index in [2.05, 4.69) is 32.3 Å². The van der Waals surface area contributed by atoms with Gasteiger partial charge in [0.15, 0.2) is 5.65 Å². The summed E-state index contributed by atoms with van der Waals surface area (Å²) in [6.45, 7) is 6.68. The number of nitrogens with zero attached hydrogens (tertiary/aromatic N) is 5. The van der Waals surface area contributed by atoms with Crippen LogP contribution < -0.4 is 10.2 Å². The van der Waals surface area contributed by atoms with Gasteiger partial charge in [-0.2, -0.15) is 0 Å². The van der Waals surface area contributed by atoms with E-state index in [0.717, 1.165) is 74.0 Å². The number of piperidine rings is 1. The van der Waals surface area contributed by atoms with Crippen LogP contribution in [0.25, 0.3) is 16.9 Å². The molecule has 0 unspecified atom stereocenters. The Morgan fingerprint density at radius 3 is 2.43 bits per heavy atom. The summed E-state index contributed by atoms with van der Waals surface area (Å²) in [6.07, 6.45) is 5.67. The summed E-state index contributed by atoms with van der Waals surface area (Å²) in [5.74, 6) is 0.994. The number of morpholine rings is 1. The van der Waals surface area contributed by atoms with Crippen LogP contribution in [0.15, 0.2) is 36.7 Å². The lowest BCUT2D eigenvalue weighted by molar-refractivity contribution is -0.0800. The van der Waals surface area contributed by atoms with Crippen molar-refractivity contribution < 1.29 is 4.74 Å². The molecule has 2 fully saturated rings. The summed E-state index contributed by atoms with van der Waals surface area (Å²) in [4.78, 5) is 11.2. The molecule has 2 saturated heterocycles. The standard InChI is InChI=1S/C20H24N6O.3ClH/c1-15-19(16-4-8-21-9-5-16)26-17(23-15)2-3-18(24-26)25-11-6-20(7-12-25)14-22-10-13-27-20;;;/h2-5,8-9,22H,6-7,10-14H2,1H3;3*1H. The van der Waals surface area contributed by atoms with Crippen molar-refractivity contribution in [1.29, 1.82) is 0 Å². The summed E-state index contributed by atoms with van der Waals surface area (Å²) < 4.78 is 8.07. The molecule has 0 aromatic carbocycles. The van der Waals surface area contributed by atoms with Crippen LogP contribution in [-0.4, -0.2) is 58.0 Å². The number of hydrogen-bond acceptors (Lipinski definition) is 6. The lowest BCUT2D eigenvalue weighted by Gasteiger charge is -2.44. The predicted molar refractivity (Wildman–Crippen MR) is 126 cm³/mol. The second-order valence-electron chi connectivity index (χ2n) is 7.44. The number of fused-ring (bicyclic) bond motifs is 1. The van der Waals surface area contributed by atoms with E-state index in [1.807, 2.05) is 23.6 Å². The quantitative estimate of drug-likeness (QED) is 0.616. The lowest BCUT2D eigenvalue weighted by Crippen LogP contribution is -2.55. The first-order chi connectivity index (χ1) is 13.2. The normalized spacial score (nSPS) is 17.7. The van der Waals surface area contributed by atoms with Crippen molar-refractivity contribution in [3.05, 3.63) is 42.4 Å². The Morgan fingerprint density at radius 2 is 1.77 bits per heavy atom. The Bertz CT molecular complexity index is 952. The van der Waals surface area contributed by atoms with E-state index < -0.39 is 0 Å². The van der Waals surface area contributed by atoms with Crippen molar-refractivity contribution in [1.82, 2.24) is 24.9 Å². The molecule has 0 amide bonds. The molecular formula is C20H27Cl3N6O. The zero-order valence-corrected chi connectivity index (χ0v) is 19.2. The average molecular weight is 474 g/mol. The number of aryl methyl sites for hydroxylation is 1. The maximum Gasteiger partial charge on any atom is 0.154 e. The van der Waals surface area contributed by atoms with Crippen molar-refractivity contribution in [2.75, 3.05) is 37.7 Å². The number of nitrogens with one attached hydrogen (secondary N) is 1. The van der Waals surface area contributed by atoms with Crippen molar-refractivity contribution in [3.8, 4) is 11.3 Å². The second-order valence-corrected chi connectivity index (χ2v) is 7.44. The summed E-state index contributed by atoms with van der Waals surface area (Å²) in [6, 6.07) is 8.14. The summed E-state index contributed by atoms with van der Waals surface area (Å²) in [7, 11) is 0. The van der Waals surface area contributed by atoms with Crippen LogP contribution in [0.3, 0.4) is 0 Å². The van der Waals surface area contributed by atoms with E-state index in [1.165, 1.54) is 0 Å². The van der Waals surface area contributed by atoms with Crippen molar-refractivity contribution in [2.24, 2.45) is 0 Å². The van der Waals surface area contributed by atoms with Gasteiger partial charge in [-0.15, -0.1) is 42.3 Å². The Hall–Kier alpha value is -1.64. The van der Waals surface area contributed by atoms with Crippen LogP contribution in [0.2, 0.25) is 0 Å². The first kappa shape index (κ1) is 24.6. The van der Waals surface area contributed by atoms with Gasteiger partial charge in [-0.1, -0.05) is 0 Å². The number of pyridine rings is 1. The number of anilines is 1. The molecule has 0 radical (unpaired) electrons. The Kier molecular flexibility index (Phi) is 8.30. The molecule has 30 heavy (non-hydrogen) atoms. The fourth-order valence-corrected chi connectivity index (χ4v) is 4.21. The number of halogens is 3. The first-order valence-electron chi connectivity index (χ1n) is 9.61. The van der Waals surface area contributed by atoms with Crippen LogP contribution in [0.5, 0.6) is 0 Å². The molecule has 0 bridgehead atoms. The summed E-state index contributed by atoms with van der Waals surface area (Å²) in [5.41, 5.74) is 3.97. The Labute approximate surface area is 194 Å². The third kappa shape index (κ3) is 4.50. The minimum Gasteiger partial charge on any atom is -0.372 e. The monoisotopic (exact) mass is 472 g/mol. The minimum absolute atomic E-state index is 0. The molecule has 0 atom stereocenters. The molecular weight excluding hydrogens is 447 g/mol. The minimum atomic E-state index is 0. The van der Waals surface area contributed by atoms with E-state index >= 15 is 0 Å². The van der Waals surface area contributed by atoms with Gasteiger partial charge in [-0.05, 0) is 44.0 Å². The molecule has 3 aromatic rings. The van der Waals surface area contributed by atoms with Crippen LogP contribution >= 0.6 is 37.2 Å². The van der Waals surface area contributed by atoms with E-state index in [9.17, 15) is 0 Å². The molecule has 2 aliphatic heterocycles. The Morgan fingerprint density at radius 1 is 1.03 bits per heavy atom. The zero-order valence-electron chi connectivity index (χ0n) is 16.8. The number of rotatable bonds is 2. The van der Waals surface area contributed by atoms with E-state index in [4.69, 9.17) is 9.84 Å². The topological polar surface area (TPSA) is 67.6 Å². The molecule has 2 aliphatic rings. The van der Waals surface area contributed by atoms with Crippen molar-refractivity contribution in [3.63, 3.8) is 0 Å². The SMILES string of the molecule is Cc1nc2ccc(N3CCC4(CC3)CNCCO4)nn2c1-c1ccncc1.Cl.Cl.Cl. The van der Waals surface area contributed by atoms with Gasteiger partial charge in [-0.25, -0.2) is 9.50 Å². The van der Waals surface area contributed by atoms with Crippen molar-refractivity contribution >= 4 is 48.7 Å². The van der Waals surface area contributed by atoms with Gasteiger partial charge < -0.3 is 15.0 Å². The summed E-state index contributed by atoms with van der Waals surface area (Å²) >= 11 is 0. The molecule has 164 valence electrons. The maximum absolute atomic E-state index is 6.11. The van der Waals surface area contributed by atoms with Gasteiger partial charge in [0.05, 0.1) is 23.6 Å². The number of ether oxygens (including phenoxy) is 1. The Balaban J connectivity index is 0.00000107. The molecule has 1 spiro atoms. The molecule has 1 N–H and O–H groups in total. The number of aromatic nitrogens is 4. The third-order valence-electron chi connectivity index (χ3n) is 5.72. The number of hydrogen-bond donors (Lipinski definition) is 1. The highest BCUT2D eigenvalue weighted by atomic mass is 35.5.